The van der Waals surface area contributed by atoms with Crippen LogP contribution in [0.4, 0.5) is 0 Å². The largest absolute Gasteiger partial charge is 0.337 e. The van der Waals surface area contributed by atoms with Crippen molar-refractivity contribution in [2.45, 2.75) is 18.9 Å². The molecule has 22 heavy (non-hydrogen) atoms. The van der Waals surface area contributed by atoms with Gasteiger partial charge in [-0.3, -0.25) is 9.59 Å². The minimum atomic E-state index is -0.279. The number of carbonyl (C=O) groups is 1. The van der Waals surface area contributed by atoms with Crippen LogP contribution in [0.15, 0.2) is 33.5 Å². The lowest BCUT2D eigenvalue weighted by Gasteiger charge is -2.31. The van der Waals surface area contributed by atoms with Crippen molar-refractivity contribution in [2.75, 3.05) is 13.1 Å². The van der Waals surface area contributed by atoms with E-state index in [4.69, 9.17) is 5.73 Å². The normalized spacial score (nSPS) is 18.1. The number of hydrogen-bond acceptors (Lipinski definition) is 3. The van der Waals surface area contributed by atoms with Gasteiger partial charge in [0.25, 0.3) is 5.91 Å². The van der Waals surface area contributed by atoms with Gasteiger partial charge in [-0.25, -0.2) is 0 Å². The van der Waals surface area contributed by atoms with Crippen LogP contribution in [0.5, 0.6) is 0 Å². The third-order valence-electron chi connectivity index (χ3n) is 3.80. The highest BCUT2D eigenvalue weighted by molar-refractivity contribution is 9.10. The second kappa shape index (κ2) is 6.81. The molecule has 3 rings (SSSR count). The lowest BCUT2D eigenvalue weighted by Crippen LogP contribution is -2.45. The van der Waals surface area contributed by atoms with Crippen LogP contribution in [0.1, 0.15) is 23.2 Å². The van der Waals surface area contributed by atoms with Crippen molar-refractivity contribution in [1.82, 2.24) is 9.88 Å². The maximum atomic E-state index is 12.7. The number of benzene rings is 1. The summed E-state index contributed by atoms with van der Waals surface area (Å²) in [6.45, 7) is 1.23. The van der Waals surface area contributed by atoms with Crippen LogP contribution in [0.3, 0.4) is 0 Å². The molecule has 7 heteroatoms. The highest BCUT2D eigenvalue weighted by Crippen LogP contribution is 2.24. The van der Waals surface area contributed by atoms with Crippen LogP contribution in [0.25, 0.3) is 10.9 Å². The number of para-hydroxylation sites is 1. The first-order chi connectivity index (χ1) is 10.1. The van der Waals surface area contributed by atoms with Crippen molar-refractivity contribution in [3.05, 3.63) is 44.7 Å². The summed E-state index contributed by atoms with van der Waals surface area (Å²) in [5.41, 5.74) is 6.74. The Morgan fingerprint density at radius 3 is 2.91 bits per heavy atom. The van der Waals surface area contributed by atoms with E-state index in [-0.39, 0.29) is 29.9 Å². The summed E-state index contributed by atoms with van der Waals surface area (Å²) in [5, 5.41) is 0.744. The van der Waals surface area contributed by atoms with Crippen molar-refractivity contribution in [2.24, 2.45) is 5.73 Å². The molecule has 1 amide bonds. The molecule has 3 N–H and O–H groups in total. The summed E-state index contributed by atoms with van der Waals surface area (Å²) in [4.78, 5) is 29.1. The average molecular weight is 387 g/mol. The molecule has 0 aliphatic carbocycles. The van der Waals surface area contributed by atoms with E-state index in [0.29, 0.717) is 24.2 Å². The third-order valence-corrected chi connectivity index (χ3v) is 4.46. The highest BCUT2D eigenvalue weighted by atomic mass is 79.9. The fourth-order valence-corrected chi connectivity index (χ4v) is 3.25. The fourth-order valence-electron chi connectivity index (χ4n) is 2.79. The number of nitrogens with zero attached hydrogens (tertiary/aromatic N) is 1. The number of amides is 1. The molecule has 2 heterocycles. The van der Waals surface area contributed by atoms with Crippen molar-refractivity contribution in [3.8, 4) is 0 Å². The number of nitrogens with one attached hydrogen (secondary N) is 1. The lowest BCUT2D eigenvalue weighted by atomic mass is 10.0. The summed E-state index contributed by atoms with van der Waals surface area (Å²) in [7, 11) is 0. The first-order valence-electron chi connectivity index (χ1n) is 6.92. The van der Waals surface area contributed by atoms with Crippen molar-refractivity contribution >= 4 is 45.1 Å². The summed E-state index contributed by atoms with van der Waals surface area (Å²) >= 11 is 3.40. The van der Waals surface area contributed by atoms with Crippen LogP contribution in [-0.4, -0.2) is 34.9 Å². The SMILES string of the molecule is Cl.NC1CCCN(C(=O)c2cc(=O)[nH]c3c(Br)cccc23)C1. The van der Waals surface area contributed by atoms with Gasteiger partial charge < -0.3 is 15.6 Å². The quantitative estimate of drug-likeness (QED) is 0.789. The molecule has 1 aromatic carbocycles. The van der Waals surface area contributed by atoms with Crippen LogP contribution in [0, 0.1) is 0 Å². The Bertz CT molecular complexity index is 762. The van der Waals surface area contributed by atoms with Gasteiger partial charge in [-0.1, -0.05) is 12.1 Å². The highest BCUT2D eigenvalue weighted by Gasteiger charge is 2.24. The molecule has 1 saturated heterocycles. The first-order valence-corrected chi connectivity index (χ1v) is 7.72. The number of carbonyl (C=O) groups excluding carboxylic acids is 1. The molecule has 1 aliphatic rings. The molecule has 0 saturated carbocycles. The minimum absolute atomic E-state index is 0. The standard InChI is InChI=1S/C15H16BrN3O2.ClH/c16-12-5-1-4-10-11(7-13(20)18-14(10)12)15(21)19-6-2-3-9(17)8-19;/h1,4-5,7,9H,2-3,6,8,17H2,(H,18,20);1H. The zero-order chi connectivity index (χ0) is 15.0. The first kappa shape index (κ1) is 17.0. The minimum Gasteiger partial charge on any atom is -0.337 e. The van der Waals surface area contributed by atoms with Crippen LogP contribution >= 0.6 is 28.3 Å². The molecule has 0 bridgehead atoms. The summed E-state index contributed by atoms with van der Waals surface area (Å²) in [6.07, 6.45) is 1.84. The molecule has 1 unspecified atom stereocenters. The zero-order valence-corrected chi connectivity index (χ0v) is 14.2. The number of halogens is 2. The number of piperidine rings is 1. The Labute approximate surface area is 142 Å². The summed E-state index contributed by atoms with van der Waals surface area (Å²) in [5.74, 6) is -0.126. The number of rotatable bonds is 1. The summed E-state index contributed by atoms with van der Waals surface area (Å²) in [6, 6.07) is 6.92. The molecule has 5 nitrogen and oxygen atoms in total. The van der Waals surface area contributed by atoms with E-state index in [2.05, 4.69) is 20.9 Å². The van der Waals surface area contributed by atoms with Crippen molar-refractivity contribution in [1.29, 1.82) is 0 Å². The summed E-state index contributed by atoms with van der Waals surface area (Å²) < 4.78 is 0.766. The van der Waals surface area contributed by atoms with Gasteiger partial charge in [-0.15, -0.1) is 12.4 Å². The van der Waals surface area contributed by atoms with E-state index in [1.165, 1.54) is 6.07 Å². The fraction of sp³-hybridized carbons (Fsp3) is 0.333. The molecule has 1 fully saturated rings. The van der Waals surface area contributed by atoms with Gasteiger partial charge in [-0.2, -0.15) is 0 Å². The van der Waals surface area contributed by atoms with Gasteiger partial charge in [0.15, 0.2) is 0 Å². The molecular formula is C15H17BrClN3O2. The van der Waals surface area contributed by atoms with E-state index in [1.54, 1.807) is 4.90 Å². The van der Waals surface area contributed by atoms with Gasteiger partial charge in [0.05, 0.1) is 11.1 Å². The van der Waals surface area contributed by atoms with Crippen molar-refractivity contribution in [3.63, 3.8) is 0 Å². The number of fused-ring (bicyclic) bond motifs is 1. The molecule has 2 aromatic rings. The monoisotopic (exact) mass is 385 g/mol. The smallest absolute Gasteiger partial charge is 0.254 e. The number of H-pyrrole nitrogens is 1. The molecule has 1 atom stereocenters. The number of nitrogens with two attached hydrogens (primary N) is 1. The van der Waals surface area contributed by atoms with Crippen LogP contribution in [-0.2, 0) is 0 Å². The zero-order valence-electron chi connectivity index (χ0n) is 11.8. The van der Waals surface area contributed by atoms with E-state index < -0.39 is 0 Å². The van der Waals surface area contributed by atoms with Crippen LogP contribution in [0.2, 0.25) is 0 Å². The predicted molar refractivity (Wildman–Crippen MR) is 92.6 cm³/mol. The average Bonchev–Trinajstić information content (AvgIpc) is 2.47. The van der Waals surface area contributed by atoms with E-state index >= 15 is 0 Å². The second-order valence-electron chi connectivity index (χ2n) is 5.36. The topological polar surface area (TPSA) is 79.2 Å². The number of pyridine rings is 1. The Morgan fingerprint density at radius 2 is 2.18 bits per heavy atom. The van der Waals surface area contributed by atoms with E-state index in [1.807, 2.05) is 18.2 Å². The Balaban J connectivity index is 0.00000176. The third kappa shape index (κ3) is 3.19. The predicted octanol–water partition coefficient (Wildman–Crippen LogP) is 2.28. The Morgan fingerprint density at radius 1 is 1.41 bits per heavy atom. The molecule has 118 valence electrons. The lowest BCUT2D eigenvalue weighted by molar-refractivity contribution is 0.0710. The molecule has 0 spiro atoms. The van der Waals surface area contributed by atoms with Gasteiger partial charge in [0.1, 0.15) is 0 Å². The molecule has 1 aromatic heterocycles. The number of hydrogen-bond donors (Lipinski definition) is 2. The van der Waals surface area contributed by atoms with Crippen molar-refractivity contribution < 1.29 is 4.79 Å². The van der Waals surface area contributed by atoms with Gasteiger partial charge in [0, 0.05) is 35.1 Å². The Kier molecular flexibility index (Phi) is 5.26. The van der Waals surface area contributed by atoms with Gasteiger partial charge >= 0.3 is 0 Å². The molecule has 0 radical (unpaired) electrons. The Hall–Kier alpha value is -1.37. The van der Waals surface area contributed by atoms with E-state index in [0.717, 1.165) is 22.7 Å². The maximum absolute atomic E-state index is 12.7. The van der Waals surface area contributed by atoms with Gasteiger partial charge in [0.2, 0.25) is 5.56 Å². The number of likely N-dealkylation sites (tertiary alicyclic amines) is 1. The molecular weight excluding hydrogens is 370 g/mol. The second-order valence-corrected chi connectivity index (χ2v) is 6.22. The van der Waals surface area contributed by atoms with E-state index in [9.17, 15) is 9.59 Å². The van der Waals surface area contributed by atoms with Crippen LogP contribution < -0.4 is 11.3 Å². The molecule has 1 aliphatic heterocycles. The van der Waals surface area contributed by atoms with Gasteiger partial charge in [-0.05, 0) is 34.8 Å². The number of aromatic amines is 1. The maximum Gasteiger partial charge on any atom is 0.254 e. The number of aromatic nitrogens is 1.